The summed E-state index contributed by atoms with van der Waals surface area (Å²) in [5.41, 5.74) is 0.558. The molecule has 2 nitrogen and oxygen atoms in total. The van der Waals surface area contributed by atoms with Gasteiger partial charge in [0.1, 0.15) is 5.82 Å². The van der Waals surface area contributed by atoms with E-state index in [2.05, 4.69) is 12.2 Å². The molecular weight excluding hydrogens is 265 g/mol. The maximum absolute atomic E-state index is 13.5. The zero-order valence-corrected chi connectivity index (χ0v) is 12.9. The molecular formula is C18H26FNO. The lowest BCUT2D eigenvalue weighted by Gasteiger charge is -2.27. The topological polar surface area (TPSA) is 29.1 Å². The lowest BCUT2D eigenvalue weighted by molar-refractivity contribution is -0.126. The fourth-order valence-corrected chi connectivity index (χ4v) is 3.17. The van der Waals surface area contributed by atoms with Gasteiger partial charge in [-0.15, -0.1) is 0 Å². The number of carbonyl (C=O) groups is 1. The van der Waals surface area contributed by atoms with Gasteiger partial charge in [0.2, 0.25) is 5.91 Å². The molecule has 1 aliphatic carbocycles. The molecule has 1 aliphatic rings. The lowest BCUT2D eigenvalue weighted by atomic mass is 9.79. The molecule has 1 N–H and O–H groups in total. The zero-order chi connectivity index (χ0) is 15.1. The van der Waals surface area contributed by atoms with Crippen molar-refractivity contribution in [3.63, 3.8) is 0 Å². The molecule has 0 unspecified atom stereocenters. The number of hydrogen-bond donors (Lipinski definition) is 1. The number of unbranched alkanes of at least 4 members (excludes halogenated alkanes) is 1. The molecule has 0 aliphatic heterocycles. The molecule has 1 saturated carbocycles. The molecule has 1 aromatic carbocycles. The quantitative estimate of drug-likeness (QED) is 0.825. The Morgan fingerprint density at radius 3 is 2.62 bits per heavy atom. The van der Waals surface area contributed by atoms with Crippen LogP contribution in [0.25, 0.3) is 0 Å². The molecule has 3 heteroatoms. The largest absolute Gasteiger partial charge is 0.352 e. The Kier molecular flexibility index (Phi) is 6.21. The fraction of sp³-hybridized carbons (Fsp3) is 0.611. The van der Waals surface area contributed by atoms with Crippen LogP contribution in [0.2, 0.25) is 0 Å². The first kappa shape index (κ1) is 16.0. The molecule has 0 spiro atoms. The monoisotopic (exact) mass is 291 g/mol. The van der Waals surface area contributed by atoms with Gasteiger partial charge in [0.25, 0.3) is 0 Å². The van der Waals surface area contributed by atoms with Crippen LogP contribution in [0.4, 0.5) is 4.39 Å². The summed E-state index contributed by atoms with van der Waals surface area (Å²) in [6.07, 6.45) is 8.16. The molecule has 0 saturated heterocycles. The van der Waals surface area contributed by atoms with Crippen LogP contribution in [0.1, 0.15) is 57.4 Å². The van der Waals surface area contributed by atoms with E-state index in [1.165, 1.54) is 25.3 Å². The standard InChI is InChI=1S/C18H26FNO/c1-2-3-6-14-9-11-15(12-10-14)18(21)20-13-16-7-4-5-8-17(16)19/h4-5,7-8,14-15H,2-3,6,9-13H2,1H3,(H,20,21). The van der Waals surface area contributed by atoms with E-state index in [0.29, 0.717) is 12.1 Å². The average Bonchev–Trinajstić information content (AvgIpc) is 2.52. The summed E-state index contributed by atoms with van der Waals surface area (Å²) in [6, 6.07) is 6.61. The Labute approximate surface area is 127 Å². The van der Waals surface area contributed by atoms with E-state index in [0.717, 1.165) is 31.6 Å². The lowest BCUT2D eigenvalue weighted by Crippen LogP contribution is -2.33. The van der Waals surface area contributed by atoms with Gasteiger partial charge in [-0.25, -0.2) is 4.39 Å². The first-order chi connectivity index (χ1) is 10.2. The van der Waals surface area contributed by atoms with Gasteiger partial charge in [0.15, 0.2) is 0 Å². The second-order valence-electron chi connectivity index (χ2n) is 6.17. The van der Waals surface area contributed by atoms with Crippen molar-refractivity contribution in [1.82, 2.24) is 5.32 Å². The molecule has 21 heavy (non-hydrogen) atoms. The molecule has 116 valence electrons. The summed E-state index contributed by atoms with van der Waals surface area (Å²) in [4.78, 5) is 12.2. The van der Waals surface area contributed by atoms with Crippen LogP contribution >= 0.6 is 0 Å². The predicted molar refractivity (Wildman–Crippen MR) is 83.2 cm³/mol. The van der Waals surface area contributed by atoms with Gasteiger partial charge in [-0.3, -0.25) is 4.79 Å². The van der Waals surface area contributed by atoms with E-state index >= 15 is 0 Å². The van der Waals surface area contributed by atoms with Crippen LogP contribution in [-0.4, -0.2) is 5.91 Å². The van der Waals surface area contributed by atoms with Crippen LogP contribution in [0.15, 0.2) is 24.3 Å². The Hall–Kier alpha value is -1.38. The summed E-state index contributed by atoms with van der Waals surface area (Å²) in [6.45, 7) is 2.52. The van der Waals surface area contributed by atoms with E-state index in [4.69, 9.17) is 0 Å². The van der Waals surface area contributed by atoms with E-state index in [1.54, 1.807) is 18.2 Å². The molecule has 0 heterocycles. The van der Waals surface area contributed by atoms with Gasteiger partial charge in [0.05, 0.1) is 0 Å². The van der Waals surface area contributed by atoms with Crippen molar-refractivity contribution in [1.29, 1.82) is 0 Å². The summed E-state index contributed by atoms with van der Waals surface area (Å²) in [5, 5.41) is 2.89. The number of nitrogens with one attached hydrogen (secondary N) is 1. The van der Waals surface area contributed by atoms with E-state index in [9.17, 15) is 9.18 Å². The van der Waals surface area contributed by atoms with Crippen molar-refractivity contribution in [3.05, 3.63) is 35.6 Å². The minimum absolute atomic E-state index is 0.0900. The van der Waals surface area contributed by atoms with Gasteiger partial charge in [-0.05, 0) is 37.7 Å². The van der Waals surface area contributed by atoms with E-state index in [-0.39, 0.29) is 17.6 Å². The Morgan fingerprint density at radius 2 is 1.95 bits per heavy atom. The maximum Gasteiger partial charge on any atom is 0.223 e. The van der Waals surface area contributed by atoms with Gasteiger partial charge in [-0.1, -0.05) is 44.4 Å². The van der Waals surface area contributed by atoms with Crippen LogP contribution in [0, 0.1) is 17.7 Å². The highest BCUT2D eigenvalue weighted by Gasteiger charge is 2.25. The third-order valence-electron chi connectivity index (χ3n) is 4.59. The molecule has 0 atom stereocenters. The third-order valence-corrected chi connectivity index (χ3v) is 4.59. The molecule has 0 aromatic heterocycles. The molecule has 0 bridgehead atoms. The number of rotatable bonds is 6. The number of benzene rings is 1. The second-order valence-corrected chi connectivity index (χ2v) is 6.17. The van der Waals surface area contributed by atoms with Crippen molar-refractivity contribution in [3.8, 4) is 0 Å². The highest BCUT2D eigenvalue weighted by molar-refractivity contribution is 5.78. The van der Waals surface area contributed by atoms with Crippen molar-refractivity contribution in [2.24, 2.45) is 11.8 Å². The molecule has 1 aromatic rings. The van der Waals surface area contributed by atoms with E-state index < -0.39 is 0 Å². The minimum Gasteiger partial charge on any atom is -0.352 e. The molecule has 1 amide bonds. The van der Waals surface area contributed by atoms with E-state index in [1.807, 2.05) is 0 Å². The summed E-state index contributed by atoms with van der Waals surface area (Å²) in [5.74, 6) is 0.767. The molecule has 1 fully saturated rings. The Bertz CT molecular complexity index is 452. The Morgan fingerprint density at radius 1 is 1.24 bits per heavy atom. The first-order valence-corrected chi connectivity index (χ1v) is 8.21. The van der Waals surface area contributed by atoms with Crippen molar-refractivity contribution < 1.29 is 9.18 Å². The number of halogens is 1. The second kappa shape index (κ2) is 8.16. The van der Waals surface area contributed by atoms with Crippen LogP contribution < -0.4 is 5.32 Å². The Balaban J connectivity index is 1.74. The fourth-order valence-electron chi connectivity index (χ4n) is 3.17. The molecule has 0 radical (unpaired) electrons. The van der Waals surface area contributed by atoms with Crippen LogP contribution in [0.3, 0.4) is 0 Å². The first-order valence-electron chi connectivity index (χ1n) is 8.21. The van der Waals surface area contributed by atoms with Gasteiger partial charge < -0.3 is 5.32 Å². The smallest absolute Gasteiger partial charge is 0.223 e. The summed E-state index contributed by atoms with van der Waals surface area (Å²) < 4.78 is 13.5. The van der Waals surface area contributed by atoms with Crippen molar-refractivity contribution >= 4 is 5.91 Å². The zero-order valence-electron chi connectivity index (χ0n) is 12.9. The predicted octanol–water partition coefficient (Wildman–Crippen LogP) is 4.44. The van der Waals surface area contributed by atoms with Gasteiger partial charge >= 0.3 is 0 Å². The highest BCUT2D eigenvalue weighted by atomic mass is 19.1. The van der Waals surface area contributed by atoms with Crippen LogP contribution in [-0.2, 0) is 11.3 Å². The van der Waals surface area contributed by atoms with Crippen molar-refractivity contribution in [2.75, 3.05) is 0 Å². The number of carbonyl (C=O) groups excluding carboxylic acids is 1. The molecule has 2 rings (SSSR count). The van der Waals surface area contributed by atoms with Crippen molar-refractivity contribution in [2.45, 2.75) is 58.4 Å². The normalized spacial score (nSPS) is 22.0. The maximum atomic E-state index is 13.5. The number of hydrogen-bond acceptors (Lipinski definition) is 1. The minimum atomic E-state index is -0.249. The summed E-state index contributed by atoms with van der Waals surface area (Å²) in [7, 11) is 0. The third kappa shape index (κ3) is 4.83. The highest BCUT2D eigenvalue weighted by Crippen LogP contribution is 2.32. The van der Waals surface area contributed by atoms with Gasteiger partial charge in [-0.2, -0.15) is 0 Å². The summed E-state index contributed by atoms with van der Waals surface area (Å²) >= 11 is 0. The number of amides is 1. The van der Waals surface area contributed by atoms with Gasteiger partial charge in [0, 0.05) is 18.0 Å². The van der Waals surface area contributed by atoms with Crippen LogP contribution in [0.5, 0.6) is 0 Å². The SMILES string of the molecule is CCCCC1CCC(C(=O)NCc2ccccc2F)CC1. The average molecular weight is 291 g/mol.